The first kappa shape index (κ1) is 14.0. The van der Waals surface area contributed by atoms with Gasteiger partial charge >= 0.3 is 0 Å². The molecule has 0 radical (unpaired) electrons. The zero-order valence-electron chi connectivity index (χ0n) is 10.6. The number of rotatable bonds is 5. The van der Waals surface area contributed by atoms with Crippen LogP contribution in [0.4, 0.5) is 0 Å². The van der Waals surface area contributed by atoms with Crippen LogP contribution in [0.15, 0.2) is 15.9 Å². The number of carbonyl (C=O) groups is 1. The van der Waals surface area contributed by atoms with Gasteiger partial charge in [-0.25, -0.2) is 0 Å². The molecule has 0 spiro atoms. The third kappa shape index (κ3) is 2.78. The fraction of sp³-hybridized carbons (Fsp3) is 0.615. The van der Waals surface area contributed by atoms with Gasteiger partial charge in [-0.1, -0.05) is 6.42 Å². The summed E-state index contributed by atoms with van der Waals surface area (Å²) >= 11 is 5.18. The molecule has 1 amide bonds. The normalized spacial score (nSPS) is 17.3. The lowest BCUT2D eigenvalue weighted by Crippen LogP contribution is -2.51. The van der Waals surface area contributed by atoms with Gasteiger partial charge in [-0.05, 0) is 47.3 Å². The van der Waals surface area contributed by atoms with Crippen molar-refractivity contribution in [1.29, 1.82) is 0 Å². The molecule has 0 atom stereocenters. The lowest BCUT2D eigenvalue weighted by Gasteiger charge is -2.41. The van der Waals surface area contributed by atoms with Crippen molar-refractivity contribution < 1.29 is 4.79 Å². The number of amides is 1. The van der Waals surface area contributed by atoms with Crippen LogP contribution in [0.2, 0.25) is 0 Å². The minimum Gasteiger partial charge on any atom is -0.345 e. The molecule has 1 aliphatic rings. The van der Waals surface area contributed by atoms with Crippen molar-refractivity contribution in [3.63, 3.8) is 0 Å². The molecule has 2 N–H and O–H groups in total. The van der Waals surface area contributed by atoms with E-state index in [0.29, 0.717) is 6.54 Å². The number of nitrogens with two attached hydrogens (primary N) is 1. The van der Waals surface area contributed by atoms with Crippen LogP contribution < -0.4 is 5.73 Å². The topological polar surface area (TPSA) is 46.3 Å². The number of halogens is 1. The lowest BCUT2D eigenvalue weighted by molar-refractivity contribution is -0.145. The highest BCUT2D eigenvalue weighted by molar-refractivity contribution is 9.11. The molecule has 0 bridgehead atoms. The third-order valence-electron chi connectivity index (χ3n) is 3.82. The minimum absolute atomic E-state index is 0.229. The zero-order valence-corrected chi connectivity index (χ0v) is 13.0. The summed E-state index contributed by atoms with van der Waals surface area (Å²) in [5.74, 6) is 0.229. The molecule has 1 fully saturated rings. The summed E-state index contributed by atoms with van der Waals surface area (Å²) in [7, 11) is 1.89. The summed E-state index contributed by atoms with van der Waals surface area (Å²) in [6.07, 6.45) is 3.96. The van der Waals surface area contributed by atoms with Crippen LogP contribution in [0.25, 0.3) is 0 Å². The molecule has 0 aliphatic heterocycles. The Morgan fingerprint density at radius 2 is 2.28 bits per heavy atom. The number of thiophene rings is 1. The molecule has 1 saturated carbocycles. The van der Waals surface area contributed by atoms with Gasteiger partial charge in [0.2, 0.25) is 5.91 Å². The van der Waals surface area contributed by atoms with E-state index in [4.69, 9.17) is 5.73 Å². The summed E-state index contributed by atoms with van der Waals surface area (Å²) in [5, 5.41) is 0. The molecular weight excluding hydrogens is 312 g/mol. The number of hydrogen-bond acceptors (Lipinski definition) is 3. The summed E-state index contributed by atoms with van der Waals surface area (Å²) in [6.45, 7) is 1.26. The maximum Gasteiger partial charge on any atom is 0.229 e. The summed E-state index contributed by atoms with van der Waals surface area (Å²) in [6, 6.07) is 4.16. The molecule has 3 nitrogen and oxygen atoms in total. The zero-order chi connectivity index (χ0) is 13.2. The van der Waals surface area contributed by atoms with Crippen LogP contribution in [0.5, 0.6) is 0 Å². The van der Waals surface area contributed by atoms with Gasteiger partial charge < -0.3 is 10.6 Å². The van der Waals surface area contributed by atoms with Crippen molar-refractivity contribution in [2.45, 2.75) is 25.7 Å². The van der Waals surface area contributed by atoms with Crippen molar-refractivity contribution in [2.24, 2.45) is 11.1 Å². The SMILES string of the molecule is CN(CCc1ccc(Br)s1)C(=O)C1(CN)CCC1. The van der Waals surface area contributed by atoms with E-state index in [1.54, 1.807) is 11.3 Å². The Morgan fingerprint density at radius 1 is 1.56 bits per heavy atom. The van der Waals surface area contributed by atoms with Gasteiger partial charge in [0.1, 0.15) is 0 Å². The van der Waals surface area contributed by atoms with E-state index in [1.165, 1.54) is 4.88 Å². The second kappa shape index (κ2) is 5.72. The van der Waals surface area contributed by atoms with E-state index in [2.05, 4.69) is 28.1 Å². The van der Waals surface area contributed by atoms with E-state index >= 15 is 0 Å². The van der Waals surface area contributed by atoms with Crippen LogP contribution >= 0.6 is 27.3 Å². The molecule has 0 aromatic carbocycles. The standard InChI is InChI=1S/C13H19BrN2OS/c1-16(8-5-10-3-4-11(14)18-10)12(17)13(9-15)6-2-7-13/h3-4H,2,5-9,15H2,1H3. The van der Waals surface area contributed by atoms with Crippen molar-refractivity contribution in [3.05, 3.63) is 20.8 Å². The minimum atomic E-state index is -0.245. The smallest absolute Gasteiger partial charge is 0.229 e. The number of likely N-dealkylation sites (N-methyl/N-ethyl adjacent to an activating group) is 1. The Bertz CT molecular complexity index is 423. The van der Waals surface area contributed by atoms with Gasteiger partial charge in [0.15, 0.2) is 0 Å². The Kier molecular flexibility index (Phi) is 4.45. The van der Waals surface area contributed by atoms with E-state index in [1.807, 2.05) is 11.9 Å². The molecule has 100 valence electrons. The fourth-order valence-corrected chi connectivity index (χ4v) is 3.85. The Morgan fingerprint density at radius 3 is 2.72 bits per heavy atom. The third-order valence-corrected chi connectivity index (χ3v) is 5.51. The molecular formula is C13H19BrN2OS. The molecule has 0 unspecified atom stereocenters. The highest BCUT2D eigenvalue weighted by atomic mass is 79.9. The number of carbonyl (C=O) groups excluding carboxylic acids is 1. The van der Waals surface area contributed by atoms with Crippen molar-refractivity contribution >= 4 is 33.2 Å². The van der Waals surface area contributed by atoms with Crippen LogP contribution in [-0.4, -0.2) is 30.9 Å². The van der Waals surface area contributed by atoms with Crippen LogP contribution in [0.1, 0.15) is 24.1 Å². The first-order valence-corrected chi connectivity index (χ1v) is 7.88. The fourth-order valence-electron chi connectivity index (χ4n) is 2.38. The summed E-state index contributed by atoms with van der Waals surface area (Å²) < 4.78 is 1.14. The van der Waals surface area contributed by atoms with Gasteiger partial charge in [-0.2, -0.15) is 0 Å². The number of nitrogens with zero attached hydrogens (tertiary/aromatic N) is 1. The van der Waals surface area contributed by atoms with Gasteiger partial charge in [-0.15, -0.1) is 11.3 Å². The summed E-state index contributed by atoms with van der Waals surface area (Å²) in [5.41, 5.74) is 5.52. The van der Waals surface area contributed by atoms with Gasteiger partial charge in [0.25, 0.3) is 0 Å². The molecule has 5 heteroatoms. The quantitative estimate of drug-likeness (QED) is 0.902. The molecule has 1 heterocycles. The van der Waals surface area contributed by atoms with E-state index in [0.717, 1.165) is 36.0 Å². The Labute approximate surface area is 120 Å². The molecule has 1 aromatic rings. The maximum atomic E-state index is 12.3. The predicted molar refractivity (Wildman–Crippen MR) is 78.7 cm³/mol. The van der Waals surface area contributed by atoms with E-state index in [-0.39, 0.29) is 11.3 Å². The van der Waals surface area contributed by atoms with E-state index in [9.17, 15) is 4.79 Å². The highest BCUT2D eigenvalue weighted by Crippen LogP contribution is 2.41. The average Bonchev–Trinajstić information content (AvgIpc) is 2.71. The molecule has 2 rings (SSSR count). The Balaban J connectivity index is 1.87. The molecule has 0 saturated heterocycles. The monoisotopic (exact) mass is 330 g/mol. The van der Waals surface area contributed by atoms with Gasteiger partial charge in [-0.3, -0.25) is 4.79 Å². The lowest BCUT2D eigenvalue weighted by atomic mass is 9.68. The maximum absolute atomic E-state index is 12.3. The van der Waals surface area contributed by atoms with Crippen molar-refractivity contribution in [2.75, 3.05) is 20.1 Å². The van der Waals surface area contributed by atoms with Crippen molar-refractivity contribution in [1.82, 2.24) is 4.90 Å². The summed E-state index contributed by atoms with van der Waals surface area (Å²) in [4.78, 5) is 15.5. The number of hydrogen-bond donors (Lipinski definition) is 1. The first-order valence-electron chi connectivity index (χ1n) is 6.27. The van der Waals surface area contributed by atoms with Crippen LogP contribution in [-0.2, 0) is 11.2 Å². The average molecular weight is 331 g/mol. The second-order valence-electron chi connectivity index (χ2n) is 5.02. The van der Waals surface area contributed by atoms with Gasteiger partial charge in [0.05, 0.1) is 9.20 Å². The molecule has 1 aliphatic carbocycles. The van der Waals surface area contributed by atoms with Crippen LogP contribution in [0.3, 0.4) is 0 Å². The van der Waals surface area contributed by atoms with Crippen molar-refractivity contribution in [3.8, 4) is 0 Å². The first-order chi connectivity index (χ1) is 8.57. The van der Waals surface area contributed by atoms with E-state index < -0.39 is 0 Å². The molecule has 18 heavy (non-hydrogen) atoms. The van der Waals surface area contributed by atoms with Crippen LogP contribution in [0, 0.1) is 5.41 Å². The molecule has 1 aromatic heterocycles. The highest BCUT2D eigenvalue weighted by Gasteiger charge is 2.44. The predicted octanol–water partition coefficient (Wildman–Crippen LogP) is 2.64. The Hall–Kier alpha value is -0.390. The second-order valence-corrected chi connectivity index (χ2v) is 7.57. The van der Waals surface area contributed by atoms with Gasteiger partial charge in [0, 0.05) is 25.0 Å². The largest absolute Gasteiger partial charge is 0.345 e.